The zero-order chi connectivity index (χ0) is 34.7. The lowest BCUT2D eigenvalue weighted by Crippen LogP contribution is -2.29. The van der Waals surface area contributed by atoms with Gasteiger partial charge in [0, 0.05) is 24.0 Å². The molecule has 0 saturated heterocycles. The third-order valence-electron chi connectivity index (χ3n) is 6.35. The molecule has 2 unspecified atom stereocenters. The van der Waals surface area contributed by atoms with Crippen LogP contribution >= 0.6 is 0 Å². The summed E-state index contributed by atoms with van der Waals surface area (Å²) in [4.78, 5) is 69.7. The van der Waals surface area contributed by atoms with E-state index >= 15 is 0 Å². The third kappa shape index (κ3) is 25.2. The van der Waals surface area contributed by atoms with Crippen LogP contribution in [0.1, 0.15) is 79.1 Å². The Kier molecular flexibility index (Phi) is 23.8. The van der Waals surface area contributed by atoms with Gasteiger partial charge in [0.2, 0.25) is 0 Å². The zero-order valence-electron chi connectivity index (χ0n) is 27.8. The van der Waals surface area contributed by atoms with E-state index < -0.39 is 24.1 Å². The monoisotopic (exact) mass is 656 g/mol. The summed E-state index contributed by atoms with van der Waals surface area (Å²) in [6.07, 6.45) is 2.64. The average molecular weight is 657 g/mol. The maximum atomic E-state index is 12.0. The summed E-state index contributed by atoms with van der Waals surface area (Å²) in [6, 6.07) is 0. The van der Waals surface area contributed by atoms with Crippen molar-refractivity contribution >= 4 is 36.1 Å². The van der Waals surface area contributed by atoms with Gasteiger partial charge in [0.15, 0.2) is 0 Å². The second-order valence-electron chi connectivity index (χ2n) is 11.0. The average Bonchev–Trinajstić information content (AvgIpc) is 2.99. The molecule has 14 nitrogen and oxygen atoms in total. The summed E-state index contributed by atoms with van der Waals surface area (Å²) in [5, 5.41) is 4.96. The number of amides is 2. The summed E-state index contributed by atoms with van der Waals surface area (Å²) in [5.41, 5.74) is 0.563. The predicted molar refractivity (Wildman–Crippen MR) is 167 cm³/mol. The maximum Gasteiger partial charge on any atom is 0.407 e. The minimum Gasteiger partial charge on any atom is -0.466 e. The molecule has 2 amide bonds. The van der Waals surface area contributed by atoms with E-state index in [2.05, 4.69) is 23.8 Å². The topological polar surface area (TPSA) is 182 Å². The molecule has 46 heavy (non-hydrogen) atoms. The molecule has 262 valence electrons. The molecule has 0 aliphatic carbocycles. The summed E-state index contributed by atoms with van der Waals surface area (Å²) < 4.78 is 30.4. The predicted octanol–water partition coefficient (Wildman–Crippen LogP) is 4.16. The Morgan fingerprint density at radius 2 is 0.848 bits per heavy atom. The first-order chi connectivity index (χ1) is 21.8. The van der Waals surface area contributed by atoms with Crippen molar-refractivity contribution in [1.82, 2.24) is 10.6 Å². The van der Waals surface area contributed by atoms with Crippen molar-refractivity contribution in [2.24, 2.45) is 11.8 Å². The molecule has 2 N–H and O–H groups in total. The van der Waals surface area contributed by atoms with Crippen molar-refractivity contribution < 1.29 is 57.2 Å². The van der Waals surface area contributed by atoms with Crippen LogP contribution in [0, 0.1) is 11.8 Å². The lowest BCUT2D eigenvalue weighted by Gasteiger charge is -2.13. The van der Waals surface area contributed by atoms with Gasteiger partial charge < -0.3 is 39.1 Å². The highest BCUT2D eigenvalue weighted by atomic mass is 16.6. The molecule has 0 aliphatic rings. The molecular weight excluding hydrogens is 604 g/mol. The standard InChI is InChI=1S/C32H52N2O12/c1-23(2)29(37)43-21-15-33-31(39)45-19-13-25(5)11-17-41-27(35)9-7-8-10-28(36)42-18-12-26(6)14-20-46-32(40)34-16-22-44-30(38)24(3)4/h25-26H,1,3,7-22H2,2,4-6H3,(H,33,39)(H,34,40). The molecule has 2 atom stereocenters. The minimum absolute atomic E-state index is 0.0238. The van der Waals surface area contributed by atoms with Crippen LogP contribution in [0.2, 0.25) is 0 Å². The van der Waals surface area contributed by atoms with Crippen LogP contribution in [0.5, 0.6) is 0 Å². The van der Waals surface area contributed by atoms with E-state index in [-0.39, 0.29) is 100 Å². The Balaban J connectivity index is 3.70. The SMILES string of the molecule is C=C(C)C(=O)OCCNC(=O)OCCC(C)CCOC(=O)CCCCC(=O)OCCC(C)CCOC(=O)NCCOC(=O)C(=C)C. The highest BCUT2D eigenvalue weighted by molar-refractivity contribution is 5.87. The van der Waals surface area contributed by atoms with E-state index in [1.54, 1.807) is 0 Å². The van der Waals surface area contributed by atoms with Crippen molar-refractivity contribution in [2.45, 2.75) is 79.1 Å². The lowest BCUT2D eigenvalue weighted by molar-refractivity contribution is -0.146. The first-order valence-corrected chi connectivity index (χ1v) is 15.6. The molecule has 14 heteroatoms. The quantitative estimate of drug-likeness (QED) is 0.0621. The van der Waals surface area contributed by atoms with Gasteiger partial charge in [-0.2, -0.15) is 0 Å². The van der Waals surface area contributed by atoms with Crippen molar-refractivity contribution in [1.29, 1.82) is 0 Å². The Morgan fingerprint density at radius 1 is 0.522 bits per heavy atom. The van der Waals surface area contributed by atoms with Gasteiger partial charge >= 0.3 is 36.1 Å². The number of ether oxygens (including phenoxy) is 6. The summed E-state index contributed by atoms with van der Waals surface area (Å²) >= 11 is 0. The normalized spacial score (nSPS) is 11.7. The van der Waals surface area contributed by atoms with Crippen LogP contribution in [0.3, 0.4) is 0 Å². The van der Waals surface area contributed by atoms with Gasteiger partial charge in [-0.1, -0.05) is 27.0 Å². The van der Waals surface area contributed by atoms with Gasteiger partial charge in [-0.05, 0) is 64.2 Å². The minimum atomic E-state index is -0.605. The molecule has 0 saturated carbocycles. The maximum absolute atomic E-state index is 12.0. The van der Waals surface area contributed by atoms with Crippen LogP contribution < -0.4 is 10.6 Å². The van der Waals surface area contributed by atoms with Gasteiger partial charge in [-0.15, -0.1) is 0 Å². The molecule has 0 bridgehead atoms. The second kappa shape index (κ2) is 26.1. The molecule has 0 rings (SSSR count). The summed E-state index contributed by atoms with van der Waals surface area (Å²) in [6.45, 7) is 15.1. The first-order valence-electron chi connectivity index (χ1n) is 15.6. The molecule has 0 aromatic heterocycles. The molecule has 0 fully saturated rings. The van der Waals surface area contributed by atoms with Gasteiger partial charge in [0.25, 0.3) is 0 Å². The Bertz CT molecular complexity index is 920. The fourth-order valence-corrected chi connectivity index (χ4v) is 3.37. The van der Waals surface area contributed by atoms with E-state index in [9.17, 15) is 28.8 Å². The summed E-state index contributed by atoms with van der Waals surface area (Å²) in [7, 11) is 0. The number of carbonyl (C=O) groups is 6. The molecule has 0 radical (unpaired) electrons. The Hall–Kier alpha value is -4.10. The van der Waals surface area contributed by atoms with Crippen LogP contribution in [-0.4, -0.2) is 88.8 Å². The van der Waals surface area contributed by atoms with Crippen molar-refractivity contribution in [3.05, 3.63) is 24.3 Å². The highest BCUT2D eigenvalue weighted by Crippen LogP contribution is 2.11. The highest BCUT2D eigenvalue weighted by Gasteiger charge is 2.11. The Labute approximate surface area is 271 Å². The van der Waals surface area contributed by atoms with E-state index in [0.29, 0.717) is 38.5 Å². The molecule has 0 aliphatic heterocycles. The first kappa shape index (κ1) is 41.9. The number of esters is 4. The molecule has 0 spiro atoms. The van der Waals surface area contributed by atoms with Crippen molar-refractivity contribution in [3.8, 4) is 0 Å². The molecule has 0 aromatic carbocycles. The number of hydrogen-bond acceptors (Lipinski definition) is 12. The van der Waals surface area contributed by atoms with E-state index in [1.165, 1.54) is 13.8 Å². The molecular formula is C32H52N2O12. The van der Waals surface area contributed by atoms with Gasteiger partial charge in [0.05, 0.1) is 39.5 Å². The van der Waals surface area contributed by atoms with Crippen LogP contribution in [0.25, 0.3) is 0 Å². The number of alkyl carbamates (subject to hydrolysis) is 2. The van der Waals surface area contributed by atoms with E-state index in [0.717, 1.165) is 0 Å². The van der Waals surface area contributed by atoms with Crippen LogP contribution in [0.4, 0.5) is 9.59 Å². The molecule has 0 aromatic rings. The van der Waals surface area contributed by atoms with Gasteiger partial charge in [0.1, 0.15) is 13.2 Å². The molecule has 0 heterocycles. The fourth-order valence-electron chi connectivity index (χ4n) is 3.37. The van der Waals surface area contributed by atoms with Gasteiger partial charge in [-0.3, -0.25) is 9.59 Å². The number of carbonyl (C=O) groups excluding carboxylic acids is 6. The van der Waals surface area contributed by atoms with E-state index in [4.69, 9.17) is 28.4 Å². The third-order valence-corrected chi connectivity index (χ3v) is 6.35. The van der Waals surface area contributed by atoms with Crippen LogP contribution in [0.15, 0.2) is 24.3 Å². The largest absolute Gasteiger partial charge is 0.466 e. The number of unbranched alkanes of at least 4 members (excludes halogenated alkanes) is 1. The zero-order valence-corrected chi connectivity index (χ0v) is 27.8. The van der Waals surface area contributed by atoms with Crippen molar-refractivity contribution in [2.75, 3.05) is 52.7 Å². The fraction of sp³-hybridized carbons (Fsp3) is 0.688. The van der Waals surface area contributed by atoms with Gasteiger partial charge in [-0.25, -0.2) is 19.2 Å². The van der Waals surface area contributed by atoms with Crippen molar-refractivity contribution in [3.63, 3.8) is 0 Å². The number of hydrogen-bond donors (Lipinski definition) is 2. The van der Waals surface area contributed by atoms with Crippen LogP contribution in [-0.2, 0) is 47.6 Å². The second-order valence-corrected chi connectivity index (χ2v) is 11.0. The number of nitrogens with one attached hydrogen (secondary N) is 2. The smallest absolute Gasteiger partial charge is 0.407 e. The lowest BCUT2D eigenvalue weighted by atomic mass is 10.1. The summed E-state index contributed by atoms with van der Waals surface area (Å²) in [5.74, 6) is -1.38. The Morgan fingerprint density at radius 3 is 1.17 bits per heavy atom. The van der Waals surface area contributed by atoms with E-state index in [1.807, 2.05) is 13.8 Å². The number of rotatable bonds is 25.